The molecule has 1 heterocycles. The van der Waals surface area contributed by atoms with E-state index in [4.69, 9.17) is 0 Å². The SMILES string of the molecule is CC(NC(=O)CSc1ncc(-c2ccccc2)[nH]1)c1ccccc1. The smallest absolute Gasteiger partial charge is 0.230 e. The first-order valence-corrected chi connectivity index (χ1v) is 8.78. The fourth-order valence-electron chi connectivity index (χ4n) is 2.38. The zero-order valence-electron chi connectivity index (χ0n) is 13.4. The molecule has 1 unspecified atom stereocenters. The van der Waals surface area contributed by atoms with Crippen molar-refractivity contribution in [2.45, 2.75) is 18.1 Å². The summed E-state index contributed by atoms with van der Waals surface area (Å²) >= 11 is 1.40. The molecule has 0 aliphatic heterocycles. The standard InChI is InChI=1S/C19H19N3OS/c1-14(15-8-4-2-5-9-15)21-18(23)13-24-19-20-12-17(22-19)16-10-6-3-7-11-16/h2-12,14H,13H2,1H3,(H,20,22)(H,21,23). The molecule has 2 aromatic carbocycles. The van der Waals surface area contributed by atoms with Gasteiger partial charge < -0.3 is 10.3 Å². The first-order chi connectivity index (χ1) is 11.7. The molecule has 1 atom stereocenters. The van der Waals surface area contributed by atoms with Gasteiger partial charge in [0.15, 0.2) is 5.16 Å². The van der Waals surface area contributed by atoms with Gasteiger partial charge in [-0.25, -0.2) is 4.98 Å². The minimum atomic E-state index is -0.00554. The lowest BCUT2D eigenvalue weighted by molar-refractivity contribution is -0.119. The number of hydrogen-bond donors (Lipinski definition) is 2. The normalized spacial score (nSPS) is 11.9. The Bertz CT molecular complexity index is 787. The van der Waals surface area contributed by atoms with Gasteiger partial charge in [0.25, 0.3) is 0 Å². The van der Waals surface area contributed by atoms with Gasteiger partial charge in [0.05, 0.1) is 23.7 Å². The predicted molar refractivity (Wildman–Crippen MR) is 97.7 cm³/mol. The highest BCUT2D eigenvalue weighted by molar-refractivity contribution is 7.99. The first kappa shape index (κ1) is 16.3. The van der Waals surface area contributed by atoms with E-state index in [1.165, 1.54) is 11.8 Å². The number of carbonyl (C=O) groups is 1. The summed E-state index contributed by atoms with van der Waals surface area (Å²) in [5, 5.41) is 3.75. The van der Waals surface area contributed by atoms with Gasteiger partial charge in [-0.05, 0) is 18.1 Å². The summed E-state index contributed by atoms with van der Waals surface area (Å²) in [4.78, 5) is 19.7. The number of nitrogens with zero attached hydrogens (tertiary/aromatic N) is 1. The van der Waals surface area contributed by atoms with Crippen LogP contribution < -0.4 is 5.32 Å². The van der Waals surface area contributed by atoms with Crippen LogP contribution in [0.2, 0.25) is 0 Å². The molecule has 1 amide bonds. The molecule has 0 saturated carbocycles. The van der Waals surface area contributed by atoms with Gasteiger partial charge in [-0.2, -0.15) is 0 Å². The Morgan fingerprint density at radius 2 is 1.79 bits per heavy atom. The van der Waals surface area contributed by atoms with Gasteiger partial charge in [-0.3, -0.25) is 4.79 Å². The molecule has 3 rings (SSSR count). The number of carbonyl (C=O) groups excluding carboxylic acids is 1. The molecule has 2 N–H and O–H groups in total. The van der Waals surface area contributed by atoms with Crippen LogP contribution in [0.1, 0.15) is 18.5 Å². The highest BCUT2D eigenvalue weighted by Gasteiger charge is 2.11. The number of hydrogen-bond acceptors (Lipinski definition) is 3. The number of rotatable bonds is 6. The molecule has 1 aromatic heterocycles. The lowest BCUT2D eigenvalue weighted by atomic mass is 10.1. The van der Waals surface area contributed by atoms with Crippen molar-refractivity contribution in [1.29, 1.82) is 0 Å². The Labute approximate surface area is 145 Å². The van der Waals surface area contributed by atoms with E-state index in [0.717, 1.165) is 22.0 Å². The molecule has 122 valence electrons. The van der Waals surface area contributed by atoms with E-state index in [2.05, 4.69) is 15.3 Å². The molecule has 5 heteroatoms. The zero-order valence-corrected chi connectivity index (χ0v) is 14.2. The van der Waals surface area contributed by atoms with Gasteiger partial charge in [-0.15, -0.1) is 0 Å². The third kappa shape index (κ3) is 4.26. The summed E-state index contributed by atoms with van der Waals surface area (Å²) in [6.45, 7) is 1.98. The van der Waals surface area contributed by atoms with Crippen LogP contribution in [0.15, 0.2) is 72.0 Å². The van der Waals surface area contributed by atoms with Crippen molar-refractivity contribution in [3.05, 3.63) is 72.4 Å². The number of imidazole rings is 1. The van der Waals surface area contributed by atoms with Gasteiger partial charge in [0.2, 0.25) is 5.91 Å². The molecule has 4 nitrogen and oxygen atoms in total. The predicted octanol–water partition coefficient (Wildman–Crippen LogP) is 4.05. The van der Waals surface area contributed by atoms with E-state index in [9.17, 15) is 4.79 Å². The van der Waals surface area contributed by atoms with Crippen LogP contribution in [0.3, 0.4) is 0 Å². The molecule has 3 aromatic rings. The molecule has 0 radical (unpaired) electrons. The van der Waals surface area contributed by atoms with Crippen LogP contribution >= 0.6 is 11.8 Å². The molecule has 0 saturated heterocycles. The van der Waals surface area contributed by atoms with E-state index in [1.54, 1.807) is 6.20 Å². The Morgan fingerprint density at radius 3 is 2.50 bits per heavy atom. The van der Waals surface area contributed by atoms with E-state index in [-0.39, 0.29) is 11.9 Å². The molecular formula is C19H19N3OS. The number of aromatic nitrogens is 2. The van der Waals surface area contributed by atoms with E-state index >= 15 is 0 Å². The van der Waals surface area contributed by atoms with Gasteiger partial charge in [0.1, 0.15) is 0 Å². The summed E-state index contributed by atoms with van der Waals surface area (Å²) < 4.78 is 0. The number of thioether (sulfide) groups is 1. The quantitative estimate of drug-likeness (QED) is 0.667. The second-order valence-electron chi connectivity index (χ2n) is 5.46. The van der Waals surface area contributed by atoms with E-state index in [0.29, 0.717) is 5.75 Å². The average Bonchev–Trinajstić information content (AvgIpc) is 3.10. The second-order valence-corrected chi connectivity index (χ2v) is 6.42. The molecule has 0 bridgehead atoms. The molecule has 0 spiro atoms. The monoisotopic (exact) mass is 337 g/mol. The third-order valence-electron chi connectivity index (χ3n) is 3.65. The van der Waals surface area contributed by atoms with Crippen molar-refractivity contribution in [2.24, 2.45) is 0 Å². The first-order valence-electron chi connectivity index (χ1n) is 7.80. The maximum Gasteiger partial charge on any atom is 0.230 e. The van der Waals surface area contributed by atoms with Gasteiger partial charge >= 0.3 is 0 Å². The van der Waals surface area contributed by atoms with Crippen LogP contribution in [0, 0.1) is 0 Å². The van der Waals surface area contributed by atoms with Crippen LogP contribution in [0.5, 0.6) is 0 Å². The van der Waals surface area contributed by atoms with Crippen LogP contribution in [0.4, 0.5) is 0 Å². The highest BCUT2D eigenvalue weighted by atomic mass is 32.2. The lowest BCUT2D eigenvalue weighted by Gasteiger charge is -2.13. The number of aromatic amines is 1. The van der Waals surface area contributed by atoms with Crippen LogP contribution in [0.25, 0.3) is 11.3 Å². The summed E-state index contributed by atoms with van der Waals surface area (Å²) in [6, 6.07) is 19.9. The van der Waals surface area contributed by atoms with Crippen molar-refractivity contribution in [3.8, 4) is 11.3 Å². The zero-order chi connectivity index (χ0) is 16.8. The molecule has 0 aliphatic carbocycles. The Kier molecular flexibility index (Phi) is 5.33. The molecule has 24 heavy (non-hydrogen) atoms. The number of benzene rings is 2. The lowest BCUT2D eigenvalue weighted by Crippen LogP contribution is -2.28. The Morgan fingerprint density at radius 1 is 1.12 bits per heavy atom. The topological polar surface area (TPSA) is 57.8 Å². The number of H-pyrrole nitrogens is 1. The highest BCUT2D eigenvalue weighted by Crippen LogP contribution is 2.21. The largest absolute Gasteiger partial charge is 0.349 e. The molecule has 0 aliphatic rings. The maximum absolute atomic E-state index is 12.1. The van der Waals surface area contributed by atoms with Crippen molar-refractivity contribution in [1.82, 2.24) is 15.3 Å². The van der Waals surface area contributed by atoms with Crippen LogP contribution in [-0.4, -0.2) is 21.6 Å². The Balaban J connectivity index is 1.53. The van der Waals surface area contributed by atoms with Gasteiger partial charge in [-0.1, -0.05) is 72.4 Å². The number of amides is 1. The molecule has 0 fully saturated rings. The summed E-state index contributed by atoms with van der Waals surface area (Å²) in [7, 11) is 0. The van der Waals surface area contributed by atoms with Crippen molar-refractivity contribution < 1.29 is 4.79 Å². The van der Waals surface area contributed by atoms with Crippen molar-refractivity contribution in [2.75, 3.05) is 5.75 Å². The van der Waals surface area contributed by atoms with Crippen molar-refractivity contribution in [3.63, 3.8) is 0 Å². The van der Waals surface area contributed by atoms with Crippen molar-refractivity contribution >= 4 is 17.7 Å². The minimum Gasteiger partial charge on any atom is -0.349 e. The fraction of sp³-hybridized carbons (Fsp3) is 0.158. The van der Waals surface area contributed by atoms with Crippen LogP contribution in [-0.2, 0) is 4.79 Å². The second kappa shape index (κ2) is 7.84. The fourth-order valence-corrected chi connectivity index (χ4v) is 3.04. The summed E-state index contributed by atoms with van der Waals surface area (Å²) in [5.41, 5.74) is 3.13. The summed E-state index contributed by atoms with van der Waals surface area (Å²) in [6.07, 6.45) is 1.79. The summed E-state index contributed by atoms with van der Waals surface area (Å²) in [5.74, 6) is 0.327. The van der Waals surface area contributed by atoms with Gasteiger partial charge in [0, 0.05) is 0 Å². The average molecular weight is 337 g/mol. The third-order valence-corrected chi connectivity index (χ3v) is 4.54. The van der Waals surface area contributed by atoms with E-state index < -0.39 is 0 Å². The minimum absolute atomic E-state index is 0.00391. The number of nitrogens with one attached hydrogen (secondary N) is 2. The molecular weight excluding hydrogens is 318 g/mol. The Hall–Kier alpha value is -2.53. The maximum atomic E-state index is 12.1. The van der Waals surface area contributed by atoms with E-state index in [1.807, 2.05) is 67.6 Å².